The molecule has 2 rings (SSSR count). The Morgan fingerprint density at radius 2 is 2.27 bits per heavy atom. The summed E-state index contributed by atoms with van der Waals surface area (Å²) in [6.45, 7) is 1.04. The van der Waals surface area contributed by atoms with Crippen LogP contribution in [0, 0.1) is 0 Å². The maximum atomic E-state index is 10.0. The van der Waals surface area contributed by atoms with Crippen LogP contribution in [-0.4, -0.2) is 23.8 Å². The van der Waals surface area contributed by atoms with E-state index in [-0.39, 0.29) is 12.1 Å². The van der Waals surface area contributed by atoms with E-state index in [0.29, 0.717) is 0 Å². The van der Waals surface area contributed by atoms with Gasteiger partial charge in [-0.05, 0) is 31.0 Å². The highest BCUT2D eigenvalue weighted by atomic mass is 79.9. The van der Waals surface area contributed by atoms with Crippen molar-refractivity contribution in [2.45, 2.75) is 31.4 Å². The first-order valence-corrected chi connectivity index (χ1v) is 6.21. The van der Waals surface area contributed by atoms with Crippen LogP contribution in [0.2, 0.25) is 0 Å². The van der Waals surface area contributed by atoms with Gasteiger partial charge in [0.05, 0.1) is 6.10 Å². The third kappa shape index (κ3) is 2.80. The van der Waals surface area contributed by atoms with Gasteiger partial charge in [0.1, 0.15) is 0 Å². The molecule has 1 fully saturated rings. The van der Waals surface area contributed by atoms with Crippen LogP contribution in [0.15, 0.2) is 28.7 Å². The summed E-state index contributed by atoms with van der Waals surface area (Å²) in [5.41, 5.74) is 1.18. The largest absolute Gasteiger partial charge is 0.391 e. The summed E-state index contributed by atoms with van der Waals surface area (Å²) in [6, 6.07) is 8.35. The smallest absolute Gasteiger partial charge is 0.0733 e. The van der Waals surface area contributed by atoms with Crippen LogP contribution < -0.4 is 5.32 Å². The zero-order valence-corrected chi connectivity index (χ0v) is 10.2. The number of hydrogen-bond donors (Lipinski definition) is 2. The summed E-state index contributed by atoms with van der Waals surface area (Å²) in [5, 5.41) is 13.4. The second kappa shape index (κ2) is 5.10. The van der Waals surface area contributed by atoms with Crippen molar-refractivity contribution in [2.24, 2.45) is 0 Å². The monoisotopic (exact) mass is 269 g/mol. The Morgan fingerprint density at radius 3 is 2.93 bits per heavy atom. The lowest BCUT2D eigenvalue weighted by Crippen LogP contribution is -2.36. The Kier molecular flexibility index (Phi) is 3.78. The predicted octanol–water partition coefficient (Wildman–Crippen LogP) is 2.10. The Bertz CT molecular complexity index is 323. The Balaban J connectivity index is 1.99. The number of aliphatic hydroxyl groups excluding tert-OH is 1. The van der Waals surface area contributed by atoms with Gasteiger partial charge in [0, 0.05) is 16.9 Å². The molecule has 0 bridgehead atoms. The molecule has 0 spiro atoms. The second-order valence-electron chi connectivity index (χ2n) is 4.07. The number of rotatable bonds is 3. The zero-order valence-electron chi connectivity index (χ0n) is 8.62. The summed E-state index contributed by atoms with van der Waals surface area (Å²) >= 11 is 3.50. The third-order valence-corrected chi connectivity index (χ3v) is 3.72. The summed E-state index contributed by atoms with van der Waals surface area (Å²) in [4.78, 5) is 0. The molecule has 0 saturated carbocycles. The molecule has 3 heteroatoms. The lowest BCUT2D eigenvalue weighted by Gasteiger charge is -2.18. The zero-order chi connectivity index (χ0) is 10.7. The molecule has 0 radical (unpaired) electrons. The van der Waals surface area contributed by atoms with Crippen LogP contribution in [0.3, 0.4) is 0 Å². The van der Waals surface area contributed by atoms with Crippen LogP contribution in [0.4, 0.5) is 0 Å². The quantitative estimate of drug-likeness (QED) is 0.881. The minimum absolute atomic E-state index is 0.272. The van der Waals surface area contributed by atoms with Crippen molar-refractivity contribution in [3.05, 3.63) is 34.3 Å². The molecule has 2 atom stereocenters. The van der Waals surface area contributed by atoms with Crippen molar-refractivity contribution in [1.82, 2.24) is 5.32 Å². The first kappa shape index (κ1) is 11.1. The summed E-state index contributed by atoms with van der Waals surface area (Å²) < 4.78 is 1.09. The van der Waals surface area contributed by atoms with Gasteiger partial charge in [-0.15, -0.1) is 0 Å². The SMILES string of the molecule is OC(Cc1ccccc1Br)C1CCCN1. The molecule has 2 nitrogen and oxygen atoms in total. The number of benzene rings is 1. The summed E-state index contributed by atoms with van der Waals surface area (Å²) in [7, 11) is 0. The Morgan fingerprint density at radius 1 is 1.47 bits per heavy atom. The fourth-order valence-electron chi connectivity index (χ4n) is 2.07. The topological polar surface area (TPSA) is 32.3 Å². The van der Waals surface area contributed by atoms with Gasteiger partial charge in [-0.3, -0.25) is 0 Å². The van der Waals surface area contributed by atoms with Crippen molar-refractivity contribution in [1.29, 1.82) is 0 Å². The van der Waals surface area contributed by atoms with E-state index in [1.165, 1.54) is 12.0 Å². The molecule has 1 aliphatic heterocycles. The summed E-state index contributed by atoms with van der Waals surface area (Å²) in [6.07, 6.45) is 2.72. The minimum atomic E-state index is -0.272. The van der Waals surface area contributed by atoms with Crippen LogP contribution in [0.1, 0.15) is 18.4 Å². The molecule has 2 N–H and O–H groups in total. The van der Waals surface area contributed by atoms with Crippen molar-refractivity contribution < 1.29 is 5.11 Å². The highest BCUT2D eigenvalue weighted by Crippen LogP contribution is 2.20. The molecule has 1 aromatic carbocycles. The van der Waals surface area contributed by atoms with Gasteiger partial charge in [-0.1, -0.05) is 34.1 Å². The average Bonchev–Trinajstić information content (AvgIpc) is 2.74. The van der Waals surface area contributed by atoms with E-state index < -0.39 is 0 Å². The fourth-order valence-corrected chi connectivity index (χ4v) is 2.52. The summed E-state index contributed by atoms with van der Waals surface area (Å²) in [5.74, 6) is 0. The Labute approximate surface area is 98.8 Å². The predicted molar refractivity (Wildman–Crippen MR) is 64.9 cm³/mol. The number of nitrogens with one attached hydrogen (secondary N) is 1. The molecule has 1 saturated heterocycles. The highest BCUT2D eigenvalue weighted by Gasteiger charge is 2.22. The van der Waals surface area contributed by atoms with Crippen molar-refractivity contribution in [3.63, 3.8) is 0 Å². The fraction of sp³-hybridized carbons (Fsp3) is 0.500. The van der Waals surface area contributed by atoms with Gasteiger partial charge >= 0.3 is 0 Å². The molecule has 0 amide bonds. The molecular weight excluding hydrogens is 254 g/mol. The average molecular weight is 270 g/mol. The number of aliphatic hydroxyl groups is 1. The molecule has 0 aromatic heterocycles. The molecule has 82 valence electrons. The first-order valence-electron chi connectivity index (χ1n) is 5.42. The van der Waals surface area contributed by atoms with Crippen molar-refractivity contribution >= 4 is 15.9 Å². The van der Waals surface area contributed by atoms with E-state index in [9.17, 15) is 5.11 Å². The highest BCUT2D eigenvalue weighted by molar-refractivity contribution is 9.10. The lowest BCUT2D eigenvalue weighted by molar-refractivity contribution is 0.136. The van der Waals surface area contributed by atoms with Gasteiger partial charge in [-0.2, -0.15) is 0 Å². The van der Waals surface area contributed by atoms with Gasteiger partial charge in [-0.25, -0.2) is 0 Å². The van der Waals surface area contributed by atoms with E-state index in [1.807, 2.05) is 18.2 Å². The van der Waals surface area contributed by atoms with E-state index in [0.717, 1.165) is 23.9 Å². The van der Waals surface area contributed by atoms with Gasteiger partial charge in [0.2, 0.25) is 0 Å². The van der Waals surface area contributed by atoms with Crippen LogP contribution in [-0.2, 0) is 6.42 Å². The van der Waals surface area contributed by atoms with Crippen LogP contribution >= 0.6 is 15.9 Å². The van der Waals surface area contributed by atoms with Gasteiger partial charge in [0.15, 0.2) is 0 Å². The molecule has 15 heavy (non-hydrogen) atoms. The van der Waals surface area contributed by atoms with E-state index >= 15 is 0 Å². The maximum absolute atomic E-state index is 10.0. The molecule has 0 aliphatic carbocycles. The standard InChI is InChI=1S/C12H16BrNO/c13-10-5-2-1-4-9(10)8-12(15)11-6-3-7-14-11/h1-2,4-5,11-12,14-15H,3,6-8H2. The second-order valence-corrected chi connectivity index (χ2v) is 4.92. The maximum Gasteiger partial charge on any atom is 0.0733 e. The van der Waals surface area contributed by atoms with E-state index in [4.69, 9.17) is 0 Å². The van der Waals surface area contributed by atoms with E-state index in [2.05, 4.69) is 27.3 Å². The van der Waals surface area contributed by atoms with Gasteiger partial charge < -0.3 is 10.4 Å². The van der Waals surface area contributed by atoms with Gasteiger partial charge in [0.25, 0.3) is 0 Å². The van der Waals surface area contributed by atoms with Crippen LogP contribution in [0.5, 0.6) is 0 Å². The molecule has 1 aliphatic rings. The van der Waals surface area contributed by atoms with Crippen molar-refractivity contribution in [2.75, 3.05) is 6.54 Å². The number of halogens is 1. The molecular formula is C12H16BrNO. The molecule has 1 heterocycles. The number of hydrogen-bond acceptors (Lipinski definition) is 2. The normalized spacial score (nSPS) is 22.9. The third-order valence-electron chi connectivity index (χ3n) is 2.95. The van der Waals surface area contributed by atoms with Crippen LogP contribution in [0.25, 0.3) is 0 Å². The lowest BCUT2D eigenvalue weighted by atomic mass is 10.0. The Hall–Kier alpha value is -0.380. The van der Waals surface area contributed by atoms with E-state index in [1.54, 1.807) is 0 Å². The van der Waals surface area contributed by atoms with Crippen molar-refractivity contribution in [3.8, 4) is 0 Å². The first-order chi connectivity index (χ1) is 7.27. The minimum Gasteiger partial charge on any atom is -0.391 e. The molecule has 1 aromatic rings. The molecule has 2 unspecified atom stereocenters.